The number of carbonyl (C=O) groups excluding carboxylic acids is 2. The largest absolute Gasteiger partial charge is 0.496 e. The molecule has 3 heterocycles. The minimum Gasteiger partial charge on any atom is -0.496 e. The molecule has 0 unspecified atom stereocenters. The Balaban J connectivity index is 1.67. The Labute approximate surface area is 193 Å². The molecule has 0 radical (unpaired) electrons. The van der Waals surface area contributed by atoms with Crippen LogP contribution in [-0.4, -0.2) is 53.7 Å². The summed E-state index contributed by atoms with van der Waals surface area (Å²) in [5.74, 6) is -0.815. The summed E-state index contributed by atoms with van der Waals surface area (Å²) >= 11 is 0. The van der Waals surface area contributed by atoms with Gasteiger partial charge in [0.05, 0.1) is 36.6 Å². The number of piperazine rings is 1. The summed E-state index contributed by atoms with van der Waals surface area (Å²) in [5.41, 5.74) is 8.85. The molecule has 2 amide bonds. The van der Waals surface area contributed by atoms with Crippen LogP contribution in [-0.2, 0) is 4.79 Å². The summed E-state index contributed by atoms with van der Waals surface area (Å²) < 4.78 is 20.0. The van der Waals surface area contributed by atoms with Crippen LogP contribution in [0.2, 0.25) is 0 Å². The molecular formula is C24H21FN6O3. The first-order chi connectivity index (χ1) is 16.5. The number of fused-ring (bicyclic) bond motifs is 1. The number of aromatic nitrogens is 3. The summed E-state index contributed by atoms with van der Waals surface area (Å²) in [6, 6.07) is 11.4. The van der Waals surface area contributed by atoms with Gasteiger partial charge in [-0.3, -0.25) is 19.7 Å². The molecule has 0 atom stereocenters. The predicted octanol–water partition coefficient (Wildman–Crippen LogP) is 2.47. The molecule has 9 nitrogen and oxygen atoms in total. The fourth-order valence-electron chi connectivity index (χ4n) is 4.18. The molecule has 0 saturated carbocycles. The first kappa shape index (κ1) is 21.4. The number of anilines is 1. The van der Waals surface area contributed by atoms with Crippen molar-refractivity contribution in [3.63, 3.8) is 0 Å². The third-order valence-corrected chi connectivity index (χ3v) is 5.83. The zero-order chi connectivity index (χ0) is 23.8. The molecule has 172 valence electrons. The Bertz CT molecular complexity index is 1430. The normalized spacial score (nSPS) is 13.7. The lowest BCUT2D eigenvalue weighted by molar-refractivity contribution is -0.120. The smallest absolute Gasteiger partial charge is 0.249 e. The van der Waals surface area contributed by atoms with Gasteiger partial charge < -0.3 is 20.7 Å². The zero-order valence-corrected chi connectivity index (χ0v) is 18.3. The van der Waals surface area contributed by atoms with Gasteiger partial charge in [-0.1, -0.05) is 6.07 Å². The molecule has 1 aliphatic heterocycles. The van der Waals surface area contributed by atoms with Gasteiger partial charge in [0.1, 0.15) is 17.3 Å². The summed E-state index contributed by atoms with van der Waals surface area (Å²) in [6.07, 6.45) is 1.55. The van der Waals surface area contributed by atoms with Crippen molar-refractivity contribution < 1.29 is 18.7 Å². The highest BCUT2D eigenvalue weighted by molar-refractivity contribution is 6.05. The molecule has 34 heavy (non-hydrogen) atoms. The van der Waals surface area contributed by atoms with Crippen molar-refractivity contribution in [2.24, 2.45) is 5.73 Å². The van der Waals surface area contributed by atoms with E-state index < -0.39 is 11.7 Å². The topological polar surface area (TPSA) is 126 Å². The van der Waals surface area contributed by atoms with Crippen molar-refractivity contribution in [2.75, 3.05) is 31.6 Å². The molecular weight excluding hydrogens is 439 g/mol. The van der Waals surface area contributed by atoms with Crippen LogP contribution in [0.25, 0.3) is 33.4 Å². The fourth-order valence-corrected chi connectivity index (χ4v) is 4.18. The van der Waals surface area contributed by atoms with Gasteiger partial charge in [-0.15, -0.1) is 0 Å². The maximum Gasteiger partial charge on any atom is 0.249 e. The number of carbonyl (C=O) groups is 2. The second-order valence-electron chi connectivity index (χ2n) is 7.87. The van der Waals surface area contributed by atoms with Gasteiger partial charge in [0.15, 0.2) is 0 Å². The minimum absolute atomic E-state index is 0.0773. The number of halogens is 1. The zero-order valence-electron chi connectivity index (χ0n) is 18.3. The highest BCUT2D eigenvalue weighted by Gasteiger charge is 2.22. The fraction of sp³-hybridized carbons (Fsp3) is 0.167. The third-order valence-electron chi connectivity index (χ3n) is 5.83. The molecule has 10 heteroatoms. The third kappa shape index (κ3) is 3.68. The molecule has 4 aromatic rings. The Hall–Kier alpha value is -4.47. The maximum absolute atomic E-state index is 14.7. The summed E-state index contributed by atoms with van der Waals surface area (Å²) in [6.45, 7) is 1.36. The number of nitrogens with one attached hydrogen (secondary N) is 2. The summed E-state index contributed by atoms with van der Waals surface area (Å²) in [4.78, 5) is 30.4. The van der Waals surface area contributed by atoms with Crippen molar-refractivity contribution in [1.82, 2.24) is 20.5 Å². The number of hydrogen-bond acceptors (Lipinski definition) is 6. The van der Waals surface area contributed by atoms with E-state index in [0.29, 0.717) is 46.7 Å². The van der Waals surface area contributed by atoms with Gasteiger partial charge in [0, 0.05) is 35.3 Å². The van der Waals surface area contributed by atoms with Crippen molar-refractivity contribution in [3.05, 3.63) is 60.0 Å². The summed E-state index contributed by atoms with van der Waals surface area (Å²) in [5, 5.41) is 10.8. The number of methoxy groups -OCH3 is 1. The molecule has 0 bridgehead atoms. The molecule has 1 aliphatic rings. The van der Waals surface area contributed by atoms with E-state index in [1.807, 2.05) is 4.90 Å². The van der Waals surface area contributed by atoms with Gasteiger partial charge in [-0.05, 0) is 36.4 Å². The lowest BCUT2D eigenvalue weighted by atomic mass is 9.99. The number of primary amides is 1. The van der Waals surface area contributed by atoms with E-state index in [-0.39, 0.29) is 23.6 Å². The van der Waals surface area contributed by atoms with Crippen LogP contribution in [0.1, 0.15) is 10.4 Å². The number of nitrogens with zero attached hydrogens (tertiary/aromatic N) is 3. The molecule has 1 fully saturated rings. The van der Waals surface area contributed by atoms with Crippen molar-refractivity contribution in [2.45, 2.75) is 0 Å². The van der Waals surface area contributed by atoms with Crippen molar-refractivity contribution >= 4 is 28.4 Å². The average Bonchev–Trinajstić information content (AvgIpc) is 3.26. The Morgan fingerprint density at radius 2 is 2.09 bits per heavy atom. The number of hydrogen-bond donors (Lipinski definition) is 3. The Kier molecular flexibility index (Phi) is 5.33. The highest BCUT2D eigenvalue weighted by atomic mass is 19.1. The van der Waals surface area contributed by atoms with Gasteiger partial charge in [0.25, 0.3) is 0 Å². The molecule has 2 aromatic heterocycles. The van der Waals surface area contributed by atoms with E-state index in [1.54, 1.807) is 42.6 Å². The number of H-pyrrole nitrogens is 1. The quantitative estimate of drug-likeness (QED) is 0.420. The first-order valence-electron chi connectivity index (χ1n) is 10.6. The van der Waals surface area contributed by atoms with E-state index in [1.165, 1.54) is 13.2 Å². The number of benzene rings is 2. The molecule has 2 aromatic carbocycles. The molecule has 0 aliphatic carbocycles. The van der Waals surface area contributed by atoms with Crippen LogP contribution in [0.3, 0.4) is 0 Å². The SMILES string of the molecule is COc1cccc(F)c1-c1cc2c(-c3cc(N4CCNC(=O)C4)ccc3C(N)=O)n[nH]c2cn1. The van der Waals surface area contributed by atoms with E-state index >= 15 is 0 Å². The minimum atomic E-state index is -0.612. The second kappa shape index (κ2) is 8.47. The molecule has 0 spiro atoms. The van der Waals surface area contributed by atoms with Crippen LogP contribution in [0.15, 0.2) is 48.7 Å². The van der Waals surface area contributed by atoms with Gasteiger partial charge >= 0.3 is 0 Å². The van der Waals surface area contributed by atoms with E-state index in [2.05, 4.69) is 20.5 Å². The summed E-state index contributed by atoms with van der Waals surface area (Å²) in [7, 11) is 1.46. The van der Waals surface area contributed by atoms with Crippen LogP contribution in [0, 0.1) is 5.82 Å². The number of aromatic amines is 1. The van der Waals surface area contributed by atoms with E-state index in [0.717, 1.165) is 5.69 Å². The van der Waals surface area contributed by atoms with Gasteiger partial charge in [-0.25, -0.2) is 4.39 Å². The Morgan fingerprint density at radius 3 is 2.85 bits per heavy atom. The van der Waals surface area contributed by atoms with Crippen LogP contribution >= 0.6 is 0 Å². The average molecular weight is 460 g/mol. The number of pyridine rings is 1. The molecule has 4 N–H and O–H groups in total. The second-order valence-corrected chi connectivity index (χ2v) is 7.87. The van der Waals surface area contributed by atoms with Crippen LogP contribution in [0.4, 0.5) is 10.1 Å². The van der Waals surface area contributed by atoms with Crippen LogP contribution in [0.5, 0.6) is 5.75 Å². The highest BCUT2D eigenvalue weighted by Crippen LogP contribution is 2.36. The lowest BCUT2D eigenvalue weighted by Crippen LogP contribution is -2.47. The van der Waals surface area contributed by atoms with Gasteiger partial charge in [0.2, 0.25) is 11.8 Å². The molecule has 5 rings (SSSR count). The standard InChI is InChI=1S/C24H21FN6O3/c1-34-20-4-2-3-17(25)22(20)18-10-16-19(11-28-18)29-30-23(16)15-9-13(5-6-14(15)24(26)33)31-8-7-27-21(32)12-31/h2-6,9-11H,7-8,12H2,1H3,(H2,26,33)(H,27,32)(H,29,30). The number of rotatable bonds is 5. The Morgan fingerprint density at radius 1 is 1.24 bits per heavy atom. The van der Waals surface area contributed by atoms with Crippen LogP contribution < -0.4 is 20.7 Å². The monoisotopic (exact) mass is 460 g/mol. The van der Waals surface area contributed by atoms with Crippen molar-refractivity contribution in [3.8, 4) is 28.3 Å². The van der Waals surface area contributed by atoms with E-state index in [4.69, 9.17) is 10.5 Å². The number of nitrogens with two attached hydrogens (primary N) is 1. The number of ether oxygens (including phenoxy) is 1. The first-order valence-corrected chi connectivity index (χ1v) is 10.6. The lowest BCUT2D eigenvalue weighted by Gasteiger charge is -2.29. The van der Waals surface area contributed by atoms with Crippen molar-refractivity contribution in [1.29, 1.82) is 0 Å². The van der Waals surface area contributed by atoms with E-state index in [9.17, 15) is 14.0 Å². The molecule has 1 saturated heterocycles. The predicted molar refractivity (Wildman–Crippen MR) is 125 cm³/mol. The number of amides is 2. The maximum atomic E-state index is 14.7. The van der Waals surface area contributed by atoms with Gasteiger partial charge in [-0.2, -0.15) is 5.10 Å².